The summed E-state index contributed by atoms with van der Waals surface area (Å²) in [6.07, 6.45) is 0. The molecule has 2 aromatic carbocycles. The zero-order valence-electron chi connectivity index (χ0n) is 13.9. The molecule has 0 saturated carbocycles. The molecule has 2 amide bonds. The van der Waals surface area contributed by atoms with Crippen LogP contribution in [0.1, 0.15) is 20.0 Å². The molecule has 0 aliphatic carbocycles. The third-order valence-corrected chi connectivity index (χ3v) is 5.10. The molecule has 3 aromatic rings. The molecule has 0 radical (unpaired) electrons. The lowest BCUT2D eigenvalue weighted by Gasteiger charge is -2.20. The van der Waals surface area contributed by atoms with Gasteiger partial charge in [0, 0.05) is 4.70 Å². The second kappa shape index (κ2) is 6.68. The highest BCUT2D eigenvalue weighted by atomic mass is 32.1. The molecule has 1 aliphatic heterocycles. The lowest BCUT2D eigenvalue weighted by molar-refractivity contribution is 0.0846. The normalized spacial score (nSPS) is 12.7. The van der Waals surface area contributed by atoms with Crippen molar-refractivity contribution in [2.75, 3.05) is 20.3 Å². The number of ether oxygens (including phenoxy) is 3. The minimum Gasteiger partial charge on any atom is -0.497 e. The Morgan fingerprint density at radius 1 is 1.08 bits per heavy atom. The first-order valence-corrected chi connectivity index (χ1v) is 8.79. The van der Waals surface area contributed by atoms with Crippen LogP contribution in [0.3, 0.4) is 0 Å². The van der Waals surface area contributed by atoms with E-state index in [-0.39, 0.29) is 5.56 Å². The molecule has 0 unspecified atom stereocenters. The Kier molecular flexibility index (Phi) is 4.22. The molecule has 0 saturated heterocycles. The zero-order chi connectivity index (χ0) is 18.1. The van der Waals surface area contributed by atoms with Crippen molar-refractivity contribution in [2.24, 2.45) is 0 Å². The summed E-state index contributed by atoms with van der Waals surface area (Å²) in [7, 11) is 1.59. The average molecular weight is 369 g/mol. The van der Waals surface area contributed by atoms with E-state index in [1.807, 2.05) is 18.2 Å². The molecular formula is C19H15NO5S. The van der Waals surface area contributed by atoms with E-state index in [4.69, 9.17) is 14.2 Å². The van der Waals surface area contributed by atoms with Crippen molar-refractivity contribution in [2.45, 2.75) is 0 Å². The fourth-order valence-electron chi connectivity index (χ4n) is 2.74. The van der Waals surface area contributed by atoms with Gasteiger partial charge in [0.05, 0.1) is 17.6 Å². The minimum absolute atomic E-state index is 0.276. The highest BCUT2D eigenvalue weighted by Crippen LogP contribution is 2.34. The smallest absolute Gasteiger partial charge is 0.268 e. The number of hydrogen-bond acceptors (Lipinski definition) is 6. The van der Waals surface area contributed by atoms with Gasteiger partial charge in [-0.2, -0.15) is 0 Å². The van der Waals surface area contributed by atoms with Crippen LogP contribution in [0.5, 0.6) is 17.2 Å². The maximum Gasteiger partial charge on any atom is 0.268 e. The summed E-state index contributed by atoms with van der Waals surface area (Å²) < 4.78 is 17.1. The number of benzene rings is 2. The third-order valence-electron chi connectivity index (χ3n) is 3.99. The lowest BCUT2D eigenvalue weighted by Crippen LogP contribution is -2.31. The van der Waals surface area contributed by atoms with Crippen LogP contribution in [0.2, 0.25) is 0 Å². The van der Waals surface area contributed by atoms with Crippen LogP contribution in [0.15, 0.2) is 42.5 Å². The molecule has 1 N–H and O–H groups in total. The van der Waals surface area contributed by atoms with E-state index >= 15 is 0 Å². The number of methoxy groups -OCH3 is 1. The fourth-order valence-corrected chi connectivity index (χ4v) is 3.68. The van der Waals surface area contributed by atoms with Crippen molar-refractivity contribution in [3.05, 3.63) is 52.9 Å². The van der Waals surface area contributed by atoms with Gasteiger partial charge in [0.2, 0.25) is 0 Å². The Labute approximate surface area is 153 Å². The van der Waals surface area contributed by atoms with Gasteiger partial charge in [-0.15, -0.1) is 11.3 Å². The standard InChI is InChI=1S/C19H15NO5S/c1-23-12-5-6-15-11(9-12)10-16(26-15)19(22)20-18(21)13-3-2-4-14-17(13)25-8-7-24-14/h2-6,9-10H,7-8H2,1H3,(H,20,21,22). The number of rotatable bonds is 3. The monoisotopic (exact) mass is 369 g/mol. The first-order chi connectivity index (χ1) is 12.7. The predicted octanol–water partition coefficient (Wildman–Crippen LogP) is 3.25. The molecule has 1 aliphatic rings. The van der Waals surface area contributed by atoms with E-state index in [2.05, 4.69) is 5.32 Å². The van der Waals surface area contributed by atoms with Crippen LogP contribution in [-0.2, 0) is 0 Å². The SMILES string of the molecule is COc1ccc2sc(C(=O)NC(=O)c3cccc4c3OCCO4)cc2c1. The average Bonchev–Trinajstić information content (AvgIpc) is 3.10. The van der Waals surface area contributed by atoms with Crippen LogP contribution in [0.4, 0.5) is 0 Å². The van der Waals surface area contributed by atoms with E-state index in [1.165, 1.54) is 11.3 Å². The Hall–Kier alpha value is -3.06. The van der Waals surface area contributed by atoms with E-state index in [9.17, 15) is 9.59 Å². The molecule has 4 rings (SSSR count). The van der Waals surface area contributed by atoms with Gasteiger partial charge in [0.1, 0.15) is 19.0 Å². The quantitative estimate of drug-likeness (QED) is 0.718. The second-order valence-electron chi connectivity index (χ2n) is 5.63. The molecule has 26 heavy (non-hydrogen) atoms. The van der Waals surface area contributed by atoms with Gasteiger partial charge in [0.15, 0.2) is 11.5 Å². The second-order valence-corrected chi connectivity index (χ2v) is 6.71. The van der Waals surface area contributed by atoms with E-state index in [0.717, 1.165) is 10.1 Å². The number of nitrogens with one attached hydrogen (secondary N) is 1. The van der Waals surface area contributed by atoms with Gasteiger partial charge in [-0.1, -0.05) is 6.07 Å². The first kappa shape index (κ1) is 16.4. The highest BCUT2D eigenvalue weighted by Gasteiger charge is 2.22. The first-order valence-electron chi connectivity index (χ1n) is 7.97. The number of para-hydroxylation sites is 1. The molecule has 7 heteroatoms. The number of fused-ring (bicyclic) bond motifs is 2. The number of thiophene rings is 1. The summed E-state index contributed by atoms with van der Waals surface area (Å²) in [5.41, 5.74) is 0.276. The van der Waals surface area contributed by atoms with Gasteiger partial charge in [0.25, 0.3) is 11.8 Å². The summed E-state index contributed by atoms with van der Waals surface area (Å²) in [5.74, 6) is 0.610. The molecule has 2 heterocycles. The molecule has 6 nitrogen and oxygen atoms in total. The largest absolute Gasteiger partial charge is 0.497 e. The molecule has 1 aromatic heterocycles. The number of amides is 2. The van der Waals surface area contributed by atoms with Crippen molar-refractivity contribution in [3.8, 4) is 17.2 Å². The summed E-state index contributed by atoms with van der Waals surface area (Å²) >= 11 is 1.31. The minimum atomic E-state index is -0.521. The number of carbonyl (C=O) groups excluding carboxylic acids is 2. The molecule has 0 fully saturated rings. The van der Waals surface area contributed by atoms with Crippen LogP contribution in [-0.4, -0.2) is 32.1 Å². The Bertz CT molecular complexity index is 1010. The molecular weight excluding hydrogens is 354 g/mol. The van der Waals surface area contributed by atoms with Crippen molar-refractivity contribution in [1.82, 2.24) is 5.32 Å². The van der Waals surface area contributed by atoms with Gasteiger partial charge >= 0.3 is 0 Å². The van der Waals surface area contributed by atoms with Crippen LogP contribution in [0.25, 0.3) is 10.1 Å². The number of carbonyl (C=O) groups is 2. The van der Waals surface area contributed by atoms with Crippen LogP contribution < -0.4 is 19.5 Å². The van der Waals surface area contributed by atoms with Crippen molar-refractivity contribution in [3.63, 3.8) is 0 Å². The molecule has 0 atom stereocenters. The summed E-state index contributed by atoms with van der Waals surface area (Å²) in [6, 6.07) is 12.3. The van der Waals surface area contributed by atoms with Crippen LogP contribution in [0, 0.1) is 0 Å². The van der Waals surface area contributed by atoms with Gasteiger partial charge in [-0.05, 0) is 41.8 Å². The maximum atomic E-state index is 12.5. The third kappa shape index (κ3) is 2.97. The van der Waals surface area contributed by atoms with Crippen LogP contribution >= 0.6 is 11.3 Å². The summed E-state index contributed by atoms with van der Waals surface area (Å²) in [5, 5.41) is 3.31. The number of hydrogen-bond donors (Lipinski definition) is 1. The van der Waals surface area contributed by atoms with E-state index in [0.29, 0.717) is 35.3 Å². The van der Waals surface area contributed by atoms with Gasteiger partial charge in [-0.3, -0.25) is 14.9 Å². The molecule has 0 bridgehead atoms. The zero-order valence-corrected chi connectivity index (χ0v) is 14.7. The summed E-state index contributed by atoms with van der Waals surface area (Å²) in [6.45, 7) is 0.797. The number of imide groups is 1. The van der Waals surface area contributed by atoms with E-state index < -0.39 is 11.8 Å². The van der Waals surface area contributed by atoms with E-state index in [1.54, 1.807) is 31.4 Å². The molecule has 0 spiro atoms. The molecule has 132 valence electrons. The predicted molar refractivity (Wildman–Crippen MR) is 97.6 cm³/mol. The van der Waals surface area contributed by atoms with Crippen molar-refractivity contribution in [1.29, 1.82) is 0 Å². The van der Waals surface area contributed by atoms with Gasteiger partial charge in [-0.25, -0.2) is 0 Å². The fraction of sp³-hybridized carbons (Fsp3) is 0.158. The van der Waals surface area contributed by atoms with Crippen molar-refractivity contribution < 1.29 is 23.8 Å². The highest BCUT2D eigenvalue weighted by molar-refractivity contribution is 7.20. The van der Waals surface area contributed by atoms with Gasteiger partial charge < -0.3 is 14.2 Å². The topological polar surface area (TPSA) is 73.9 Å². The Balaban J connectivity index is 1.57. The summed E-state index contributed by atoms with van der Waals surface area (Å²) in [4.78, 5) is 25.5. The maximum absolute atomic E-state index is 12.5. The Morgan fingerprint density at radius 3 is 2.77 bits per heavy atom. The Morgan fingerprint density at radius 2 is 1.92 bits per heavy atom. The van der Waals surface area contributed by atoms with Crippen molar-refractivity contribution >= 4 is 33.2 Å². The lowest BCUT2D eigenvalue weighted by atomic mass is 10.1.